The topological polar surface area (TPSA) is 56.6 Å². The molecule has 3 aliphatic rings. The number of nitriles is 1. The van der Waals surface area contributed by atoms with E-state index in [9.17, 15) is 10.1 Å². The molecule has 3 rings (SSSR count). The van der Waals surface area contributed by atoms with E-state index in [0.29, 0.717) is 26.1 Å². The first-order valence-corrected chi connectivity index (χ1v) is 7.74. The highest BCUT2D eigenvalue weighted by molar-refractivity contribution is 5.85. The van der Waals surface area contributed by atoms with E-state index in [1.165, 1.54) is 19.4 Å². The Balaban J connectivity index is 1.56. The van der Waals surface area contributed by atoms with Gasteiger partial charge in [-0.1, -0.05) is 0 Å². The molecule has 5 nitrogen and oxygen atoms in total. The van der Waals surface area contributed by atoms with Gasteiger partial charge in [0.2, 0.25) is 5.91 Å². The predicted octanol–water partition coefficient (Wildman–Crippen LogP) is 0.861. The van der Waals surface area contributed by atoms with Crippen LogP contribution in [-0.4, -0.2) is 61.6 Å². The molecule has 2 aliphatic heterocycles. The molecule has 2 heterocycles. The van der Waals surface area contributed by atoms with Gasteiger partial charge in [0.05, 0.1) is 6.07 Å². The molecule has 20 heavy (non-hydrogen) atoms. The molecule has 1 amide bonds. The predicted molar refractivity (Wildman–Crippen MR) is 73.8 cm³/mol. The average molecular weight is 277 g/mol. The van der Waals surface area contributed by atoms with Crippen molar-refractivity contribution < 1.29 is 9.53 Å². The quantitative estimate of drug-likeness (QED) is 0.768. The van der Waals surface area contributed by atoms with Crippen LogP contribution < -0.4 is 0 Å². The SMILES string of the molecule is N#CC1(C(=O)N2CCN(CC3CC3)CC2)CCOCC1. The van der Waals surface area contributed by atoms with Gasteiger partial charge in [-0.25, -0.2) is 0 Å². The van der Waals surface area contributed by atoms with Crippen molar-refractivity contribution in [1.29, 1.82) is 5.26 Å². The van der Waals surface area contributed by atoms with Gasteiger partial charge in [-0.15, -0.1) is 0 Å². The van der Waals surface area contributed by atoms with Gasteiger partial charge in [-0.2, -0.15) is 5.26 Å². The molecule has 3 fully saturated rings. The molecular formula is C15H23N3O2. The Morgan fingerprint density at radius 2 is 1.85 bits per heavy atom. The van der Waals surface area contributed by atoms with E-state index in [4.69, 9.17) is 4.74 Å². The van der Waals surface area contributed by atoms with Gasteiger partial charge in [0.25, 0.3) is 0 Å². The van der Waals surface area contributed by atoms with Crippen LogP contribution in [0.5, 0.6) is 0 Å². The zero-order valence-corrected chi connectivity index (χ0v) is 12.0. The van der Waals surface area contributed by atoms with Crippen molar-refractivity contribution in [2.24, 2.45) is 11.3 Å². The summed E-state index contributed by atoms with van der Waals surface area (Å²) in [6, 6.07) is 2.28. The summed E-state index contributed by atoms with van der Waals surface area (Å²) in [5, 5.41) is 9.46. The Hall–Kier alpha value is -1.12. The number of hydrogen-bond acceptors (Lipinski definition) is 4. The Bertz CT molecular complexity index is 400. The van der Waals surface area contributed by atoms with Gasteiger partial charge >= 0.3 is 0 Å². The number of piperazine rings is 1. The molecule has 0 unspecified atom stereocenters. The van der Waals surface area contributed by atoms with E-state index >= 15 is 0 Å². The van der Waals surface area contributed by atoms with Crippen LogP contribution in [0.2, 0.25) is 0 Å². The van der Waals surface area contributed by atoms with Crippen LogP contribution >= 0.6 is 0 Å². The number of amides is 1. The van der Waals surface area contributed by atoms with E-state index in [2.05, 4.69) is 11.0 Å². The highest BCUT2D eigenvalue weighted by atomic mass is 16.5. The summed E-state index contributed by atoms with van der Waals surface area (Å²) < 4.78 is 5.30. The minimum atomic E-state index is -0.823. The van der Waals surface area contributed by atoms with Crippen LogP contribution in [0.15, 0.2) is 0 Å². The van der Waals surface area contributed by atoms with Crippen LogP contribution in [0.3, 0.4) is 0 Å². The van der Waals surface area contributed by atoms with Crippen molar-refractivity contribution >= 4 is 5.91 Å². The average Bonchev–Trinajstić information content (AvgIpc) is 3.32. The van der Waals surface area contributed by atoms with Crippen molar-refractivity contribution in [3.8, 4) is 6.07 Å². The monoisotopic (exact) mass is 277 g/mol. The second-order valence-electron chi connectivity index (χ2n) is 6.34. The first-order chi connectivity index (χ1) is 9.73. The van der Waals surface area contributed by atoms with E-state index in [1.54, 1.807) is 0 Å². The summed E-state index contributed by atoms with van der Waals surface area (Å²) in [5.74, 6) is 0.938. The Labute approximate surface area is 120 Å². The smallest absolute Gasteiger partial charge is 0.243 e. The molecule has 0 bridgehead atoms. The first-order valence-electron chi connectivity index (χ1n) is 7.74. The summed E-state index contributed by atoms with van der Waals surface area (Å²) >= 11 is 0. The third kappa shape index (κ3) is 2.82. The number of hydrogen-bond donors (Lipinski definition) is 0. The van der Waals surface area contributed by atoms with Gasteiger partial charge < -0.3 is 9.64 Å². The second kappa shape index (κ2) is 5.71. The van der Waals surface area contributed by atoms with Crippen molar-refractivity contribution in [1.82, 2.24) is 9.80 Å². The fourth-order valence-electron chi connectivity index (χ4n) is 3.20. The zero-order valence-electron chi connectivity index (χ0n) is 12.0. The summed E-state index contributed by atoms with van der Waals surface area (Å²) in [6.07, 6.45) is 3.84. The molecule has 110 valence electrons. The fraction of sp³-hybridized carbons (Fsp3) is 0.867. The molecule has 0 radical (unpaired) electrons. The molecule has 0 aromatic carbocycles. The maximum atomic E-state index is 12.7. The van der Waals surface area contributed by atoms with Gasteiger partial charge in [0.1, 0.15) is 5.41 Å². The van der Waals surface area contributed by atoms with E-state index in [1.807, 2.05) is 4.90 Å². The van der Waals surface area contributed by atoms with Crippen LogP contribution in [0, 0.1) is 22.7 Å². The molecule has 2 saturated heterocycles. The van der Waals surface area contributed by atoms with Gasteiger partial charge in [-0.05, 0) is 31.6 Å². The number of carbonyl (C=O) groups excluding carboxylic acids is 1. The highest BCUT2D eigenvalue weighted by Gasteiger charge is 2.43. The highest BCUT2D eigenvalue weighted by Crippen LogP contribution is 2.33. The maximum Gasteiger partial charge on any atom is 0.243 e. The van der Waals surface area contributed by atoms with Gasteiger partial charge in [-0.3, -0.25) is 9.69 Å². The lowest BCUT2D eigenvalue weighted by molar-refractivity contribution is -0.145. The van der Waals surface area contributed by atoms with E-state index in [-0.39, 0.29) is 5.91 Å². The third-order valence-corrected chi connectivity index (χ3v) is 4.84. The molecule has 0 aromatic rings. The minimum absolute atomic E-state index is 0.0365. The third-order valence-electron chi connectivity index (χ3n) is 4.84. The molecule has 1 aliphatic carbocycles. The van der Waals surface area contributed by atoms with Crippen LogP contribution in [0.25, 0.3) is 0 Å². The number of rotatable bonds is 3. The number of carbonyl (C=O) groups is 1. The Morgan fingerprint density at radius 1 is 1.20 bits per heavy atom. The van der Waals surface area contributed by atoms with Gasteiger partial charge in [0, 0.05) is 45.9 Å². The lowest BCUT2D eigenvalue weighted by Gasteiger charge is -2.39. The normalized spacial score (nSPS) is 27.1. The van der Waals surface area contributed by atoms with Crippen molar-refractivity contribution in [3.05, 3.63) is 0 Å². The Morgan fingerprint density at radius 3 is 2.40 bits per heavy atom. The summed E-state index contributed by atoms with van der Waals surface area (Å²) in [6.45, 7) is 5.72. The van der Waals surface area contributed by atoms with E-state index < -0.39 is 5.41 Å². The van der Waals surface area contributed by atoms with E-state index in [0.717, 1.165) is 32.1 Å². The second-order valence-corrected chi connectivity index (χ2v) is 6.34. The number of nitrogens with zero attached hydrogens (tertiary/aromatic N) is 3. The summed E-state index contributed by atoms with van der Waals surface area (Å²) in [5.41, 5.74) is -0.823. The molecular weight excluding hydrogens is 254 g/mol. The van der Waals surface area contributed by atoms with Crippen molar-refractivity contribution in [2.75, 3.05) is 45.9 Å². The molecule has 0 N–H and O–H groups in total. The summed E-state index contributed by atoms with van der Waals surface area (Å²) in [7, 11) is 0. The molecule has 0 spiro atoms. The number of ether oxygens (including phenoxy) is 1. The lowest BCUT2D eigenvalue weighted by Crippen LogP contribution is -2.54. The van der Waals surface area contributed by atoms with Crippen molar-refractivity contribution in [3.63, 3.8) is 0 Å². The molecule has 0 aromatic heterocycles. The van der Waals surface area contributed by atoms with Crippen LogP contribution in [0.4, 0.5) is 0 Å². The summed E-state index contributed by atoms with van der Waals surface area (Å²) in [4.78, 5) is 17.0. The van der Waals surface area contributed by atoms with Gasteiger partial charge in [0.15, 0.2) is 0 Å². The van der Waals surface area contributed by atoms with Crippen LogP contribution in [0.1, 0.15) is 25.7 Å². The molecule has 0 atom stereocenters. The molecule has 5 heteroatoms. The fourth-order valence-corrected chi connectivity index (χ4v) is 3.20. The first kappa shape index (κ1) is 13.8. The standard InChI is InChI=1S/C15H23N3O2/c16-12-15(3-9-20-10-4-15)14(19)18-7-5-17(6-8-18)11-13-1-2-13/h13H,1-11H2. The molecule has 1 saturated carbocycles. The minimum Gasteiger partial charge on any atom is -0.381 e. The zero-order chi connectivity index (χ0) is 14.0. The Kier molecular flexibility index (Phi) is 3.95. The van der Waals surface area contributed by atoms with Crippen LogP contribution in [-0.2, 0) is 9.53 Å². The van der Waals surface area contributed by atoms with Crippen molar-refractivity contribution in [2.45, 2.75) is 25.7 Å². The maximum absolute atomic E-state index is 12.7. The lowest BCUT2D eigenvalue weighted by atomic mass is 9.80. The largest absolute Gasteiger partial charge is 0.381 e.